The summed E-state index contributed by atoms with van der Waals surface area (Å²) in [5.41, 5.74) is 3.16. The largest absolute Gasteiger partial charge is 0.496 e. The first-order valence-corrected chi connectivity index (χ1v) is 13.7. The van der Waals surface area contributed by atoms with Gasteiger partial charge >= 0.3 is 0 Å². The summed E-state index contributed by atoms with van der Waals surface area (Å²) in [6, 6.07) is 15.8. The molecule has 0 radical (unpaired) electrons. The van der Waals surface area contributed by atoms with Gasteiger partial charge in [0, 0.05) is 26.7 Å². The molecule has 5 nitrogen and oxygen atoms in total. The quantitative estimate of drug-likeness (QED) is 0.309. The zero-order valence-corrected chi connectivity index (χ0v) is 22.0. The molecular formula is C25H21BrCl2N2O3S. The molecule has 9 heteroatoms. The second-order valence-electron chi connectivity index (χ2n) is 8.34. The maximum atomic E-state index is 13.2. The smallest absolute Gasteiger partial charge is 0.261 e. The fourth-order valence-electron chi connectivity index (χ4n) is 4.78. The van der Waals surface area contributed by atoms with E-state index in [1.807, 2.05) is 18.2 Å². The van der Waals surface area contributed by atoms with Crippen LogP contribution in [0.2, 0.25) is 10.0 Å². The van der Waals surface area contributed by atoms with Crippen molar-refractivity contribution in [2.45, 2.75) is 23.3 Å². The van der Waals surface area contributed by atoms with Crippen molar-refractivity contribution in [3.05, 3.63) is 92.4 Å². The van der Waals surface area contributed by atoms with Gasteiger partial charge in [0.05, 0.1) is 28.8 Å². The van der Waals surface area contributed by atoms with Crippen LogP contribution in [-0.4, -0.2) is 15.5 Å². The number of allylic oxidation sites excluding steroid dienone is 2. The van der Waals surface area contributed by atoms with Gasteiger partial charge < -0.3 is 10.1 Å². The Hall–Kier alpha value is -2.19. The molecule has 1 aliphatic carbocycles. The highest BCUT2D eigenvalue weighted by molar-refractivity contribution is 9.10. The zero-order valence-electron chi connectivity index (χ0n) is 18.1. The third-order valence-corrected chi connectivity index (χ3v) is 8.77. The average molecular weight is 580 g/mol. The maximum Gasteiger partial charge on any atom is 0.261 e. The fourth-order valence-corrected chi connectivity index (χ4v) is 6.65. The van der Waals surface area contributed by atoms with Crippen molar-refractivity contribution < 1.29 is 13.2 Å². The second kappa shape index (κ2) is 9.11. The number of anilines is 2. The Bertz CT molecular complexity index is 1410. The Morgan fingerprint density at radius 1 is 1.06 bits per heavy atom. The first-order chi connectivity index (χ1) is 16.3. The van der Waals surface area contributed by atoms with Crippen LogP contribution in [0.4, 0.5) is 11.4 Å². The standard InChI is InChI=1S/C25H21BrCl2N2O3S/c1-33-24-10-5-14(26)11-20(24)25-18-4-2-3-17(18)19-13-16(7-9-22(19)29-25)34(31,32)30-23-12-15(27)6-8-21(23)28/h2-3,5-13,17-18,25,29-30H,4H2,1H3/t17-,18+,25-/m0/s1. The topological polar surface area (TPSA) is 67.4 Å². The van der Waals surface area contributed by atoms with Gasteiger partial charge in [-0.15, -0.1) is 0 Å². The molecule has 34 heavy (non-hydrogen) atoms. The second-order valence-corrected chi connectivity index (χ2v) is 11.8. The SMILES string of the molecule is COc1ccc(Br)cc1[C@H]1Nc2ccc(S(=O)(=O)Nc3cc(Cl)ccc3Cl)cc2[C@H]2C=CC[C@H]21. The minimum absolute atomic E-state index is 0.0193. The van der Waals surface area contributed by atoms with Crippen molar-refractivity contribution in [1.29, 1.82) is 0 Å². The van der Waals surface area contributed by atoms with Crippen molar-refractivity contribution in [1.82, 2.24) is 0 Å². The van der Waals surface area contributed by atoms with Crippen LogP contribution >= 0.6 is 39.1 Å². The van der Waals surface area contributed by atoms with Crippen LogP contribution in [0.3, 0.4) is 0 Å². The molecule has 3 aromatic rings. The molecule has 3 atom stereocenters. The van der Waals surface area contributed by atoms with E-state index in [1.165, 1.54) is 6.07 Å². The summed E-state index contributed by atoms with van der Waals surface area (Å²) < 4.78 is 35.5. The van der Waals surface area contributed by atoms with Gasteiger partial charge in [0.25, 0.3) is 10.0 Å². The summed E-state index contributed by atoms with van der Waals surface area (Å²) in [6.45, 7) is 0. The number of hydrogen-bond acceptors (Lipinski definition) is 4. The van der Waals surface area contributed by atoms with E-state index in [9.17, 15) is 8.42 Å². The molecular weight excluding hydrogens is 559 g/mol. The Kier molecular flexibility index (Phi) is 6.31. The van der Waals surface area contributed by atoms with Crippen LogP contribution in [0.1, 0.15) is 29.5 Å². The monoisotopic (exact) mass is 578 g/mol. The van der Waals surface area contributed by atoms with Crippen LogP contribution < -0.4 is 14.8 Å². The maximum absolute atomic E-state index is 13.2. The molecule has 0 saturated heterocycles. The predicted molar refractivity (Wildman–Crippen MR) is 141 cm³/mol. The van der Waals surface area contributed by atoms with E-state index in [4.69, 9.17) is 27.9 Å². The van der Waals surface area contributed by atoms with Crippen molar-refractivity contribution >= 4 is 60.5 Å². The lowest BCUT2D eigenvalue weighted by Gasteiger charge is -2.38. The third kappa shape index (κ3) is 4.31. The average Bonchev–Trinajstić information content (AvgIpc) is 3.31. The van der Waals surface area contributed by atoms with Crippen molar-refractivity contribution in [3.8, 4) is 5.75 Å². The van der Waals surface area contributed by atoms with Gasteiger partial charge in [0.15, 0.2) is 0 Å². The summed E-state index contributed by atoms with van der Waals surface area (Å²) in [7, 11) is -2.20. The lowest BCUT2D eigenvalue weighted by atomic mass is 9.77. The van der Waals surface area contributed by atoms with Crippen LogP contribution in [0, 0.1) is 5.92 Å². The molecule has 5 rings (SSSR count). The van der Waals surface area contributed by atoms with E-state index in [0.29, 0.717) is 5.02 Å². The van der Waals surface area contributed by atoms with Gasteiger partial charge in [-0.05, 0) is 72.5 Å². The van der Waals surface area contributed by atoms with Crippen LogP contribution in [-0.2, 0) is 10.0 Å². The summed E-state index contributed by atoms with van der Waals surface area (Å²) in [4.78, 5) is 0.168. The molecule has 0 saturated carbocycles. The van der Waals surface area contributed by atoms with Crippen molar-refractivity contribution in [3.63, 3.8) is 0 Å². The molecule has 3 aromatic carbocycles. The fraction of sp³-hybridized carbons (Fsp3) is 0.200. The molecule has 176 valence electrons. The molecule has 2 N–H and O–H groups in total. The summed E-state index contributed by atoms with van der Waals surface area (Å²) in [5.74, 6) is 1.12. The highest BCUT2D eigenvalue weighted by Crippen LogP contribution is 2.51. The summed E-state index contributed by atoms with van der Waals surface area (Å²) in [6.07, 6.45) is 5.21. The highest BCUT2D eigenvalue weighted by atomic mass is 79.9. The molecule has 1 aliphatic heterocycles. The third-order valence-electron chi connectivity index (χ3n) is 6.34. The van der Waals surface area contributed by atoms with E-state index in [0.717, 1.165) is 33.5 Å². The highest BCUT2D eigenvalue weighted by Gasteiger charge is 2.39. The normalized spacial score (nSPS) is 20.9. The molecule has 0 amide bonds. The molecule has 0 unspecified atom stereocenters. The Morgan fingerprint density at radius 2 is 1.88 bits per heavy atom. The lowest BCUT2D eigenvalue weighted by molar-refractivity contribution is 0.381. The predicted octanol–water partition coefficient (Wildman–Crippen LogP) is 7.39. The molecule has 0 spiro atoms. The van der Waals surface area contributed by atoms with Gasteiger partial charge in [-0.2, -0.15) is 0 Å². The van der Waals surface area contributed by atoms with Crippen LogP contribution in [0.15, 0.2) is 76.1 Å². The first-order valence-electron chi connectivity index (χ1n) is 10.7. The van der Waals surface area contributed by atoms with E-state index < -0.39 is 10.0 Å². The number of sulfonamides is 1. The van der Waals surface area contributed by atoms with E-state index in [1.54, 1.807) is 31.4 Å². The summed E-state index contributed by atoms with van der Waals surface area (Å²) in [5, 5.41) is 4.31. The number of rotatable bonds is 5. The minimum atomic E-state index is -3.87. The Balaban J connectivity index is 1.52. The molecule has 0 aromatic heterocycles. The molecule has 0 bridgehead atoms. The zero-order chi connectivity index (χ0) is 24.0. The number of methoxy groups -OCH3 is 1. The molecule has 2 aliphatic rings. The van der Waals surface area contributed by atoms with Gasteiger partial charge in [0.2, 0.25) is 0 Å². The van der Waals surface area contributed by atoms with Crippen molar-refractivity contribution in [2.75, 3.05) is 17.1 Å². The van der Waals surface area contributed by atoms with Gasteiger partial charge in [-0.3, -0.25) is 4.72 Å². The number of fused-ring (bicyclic) bond motifs is 3. The number of ether oxygens (including phenoxy) is 1. The number of benzene rings is 3. The molecule has 0 fully saturated rings. The van der Waals surface area contributed by atoms with Crippen LogP contribution in [0.25, 0.3) is 0 Å². The van der Waals surface area contributed by atoms with Gasteiger partial charge in [0.1, 0.15) is 5.75 Å². The van der Waals surface area contributed by atoms with Gasteiger partial charge in [-0.1, -0.05) is 51.3 Å². The minimum Gasteiger partial charge on any atom is -0.496 e. The van der Waals surface area contributed by atoms with E-state index >= 15 is 0 Å². The lowest BCUT2D eigenvalue weighted by Crippen LogP contribution is -2.29. The van der Waals surface area contributed by atoms with E-state index in [2.05, 4.69) is 44.2 Å². The van der Waals surface area contributed by atoms with Crippen molar-refractivity contribution in [2.24, 2.45) is 5.92 Å². The van der Waals surface area contributed by atoms with Crippen LogP contribution in [0.5, 0.6) is 5.75 Å². The Morgan fingerprint density at radius 3 is 2.68 bits per heavy atom. The first kappa shape index (κ1) is 23.5. The Labute approximate surface area is 217 Å². The van der Waals surface area contributed by atoms with E-state index in [-0.39, 0.29) is 33.5 Å². The molecule has 1 heterocycles. The summed E-state index contributed by atoms with van der Waals surface area (Å²) >= 11 is 15.8. The number of halogens is 3. The number of hydrogen-bond donors (Lipinski definition) is 2. The number of nitrogens with one attached hydrogen (secondary N) is 2. The van der Waals surface area contributed by atoms with Gasteiger partial charge in [-0.25, -0.2) is 8.42 Å².